The first kappa shape index (κ1) is 27.2. The summed E-state index contributed by atoms with van der Waals surface area (Å²) in [4.78, 5) is 13.3. The number of carbonyl (C=O) groups excluding carboxylic acids is 1. The van der Waals surface area contributed by atoms with Gasteiger partial charge in [0.15, 0.2) is 5.78 Å². The van der Waals surface area contributed by atoms with Crippen LogP contribution in [0.25, 0.3) is 0 Å². The highest BCUT2D eigenvalue weighted by Crippen LogP contribution is 2.62. The van der Waals surface area contributed by atoms with E-state index in [1.807, 2.05) is 48.5 Å². The summed E-state index contributed by atoms with van der Waals surface area (Å²) >= 11 is 0. The second-order valence-electron chi connectivity index (χ2n) is 11.2. The summed E-state index contributed by atoms with van der Waals surface area (Å²) in [5.41, 5.74) is 2.36. The zero-order chi connectivity index (χ0) is 26.8. The highest BCUT2D eigenvalue weighted by molar-refractivity contribution is 7.54. The van der Waals surface area contributed by atoms with Crippen LogP contribution in [0.1, 0.15) is 69.3 Å². The van der Waals surface area contributed by atoms with Crippen LogP contribution in [0, 0.1) is 23.2 Å². The van der Waals surface area contributed by atoms with Crippen LogP contribution in [-0.2, 0) is 25.0 Å². The molecule has 2 aromatic rings. The molecule has 4 bridgehead atoms. The van der Waals surface area contributed by atoms with E-state index in [9.17, 15) is 9.36 Å². The molecule has 1 unspecified atom stereocenters. The van der Waals surface area contributed by atoms with Crippen molar-refractivity contribution in [2.24, 2.45) is 23.2 Å². The second kappa shape index (κ2) is 11.4. The predicted octanol–water partition coefficient (Wildman–Crippen LogP) is 6.90. The van der Waals surface area contributed by atoms with E-state index in [2.05, 4.69) is 10.6 Å². The third kappa shape index (κ3) is 5.52. The molecule has 1 amide bonds. The molecule has 4 fully saturated rings. The van der Waals surface area contributed by atoms with Crippen molar-refractivity contribution in [3.63, 3.8) is 0 Å². The van der Waals surface area contributed by atoms with Gasteiger partial charge in [-0.05, 0) is 93.9 Å². The topological polar surface area (TPSA) is 85.9 Å². The van der Waals surface area contributed by atoms with Crippen molar-refractivity contribution in [2.75, 3.05) is 25.6 Å². The number of hydrogen-bond donors (Lipinski definition) is 2. The molecule has 4 aliphatic carbocycles. The first-order chi connectivity index (χ1) is 18.4. The average Bonchev–Trinajstić information content (AvgIpc) is 2.90. The number of hydrogen-bond acceptors (Lipinski definition) is 6. The van der Waals surface area contributed by atoms with Gasteiger partial charge in [-0.25, -0.2) is 0 Å². The minimum Gasteiger partial charge on any atom is -0.496 e. The van der Waals surface area contributed by atoms with Crippen LogP contribution in [0.5, 0.6) is 5.75 Å². The summed E-state index contributed by atoms with van der Waals surface area (Å²) in [6.45, 7) is 4.63. The molecule has 2 N–H and O–H groups in total. The van der Waals surface area contributed by atoms with E-state index in [4.69, 9.17) is 13.8 Å². The van der Waals surface area contributed by atoms with E-state index in [-0.39, 0.29) is 24.5 Å². The quantitative estimate of drug-likeness (QED) is 0.285. The lowest BCUT2D eigenvalue weighted by molar-refractivity contribution is -0.146. The Balaban J connectivity index is 1.28. The van der Waals surface area contributed by atoms with Gasteiger partial charge in [-0.15, -0.1) is 0 Å². The maximum Gasteiger partial charge on any atom is 0.357 e. The molecule has 8 heteroatoms. The normalized spacial score (nSPS) is 26.7. The Bertz CT molecular complexity index is 1120. The minimum atomic E-state index is -3.57. The molecule has 2 aromatic carbocycles. The third-order valence-electron chi connectivity index (χ3n) is 8.60. The second-order valence-corrected chi connectivity index (χ2v) is 13.4. The molecular weight excluding hydrogens is 499 g/mol. The third-order valence-corrected chi connectivity index (χ3v) is 10.9. The van der Waals surface area contributed by atoms with Crippen LogP contribution in [0.4, 0.5) is 5.69 Å². The number of para-hydroxylation sites is 1. The lowest BCUT2D eigenvalue weighted by Crippen LogP contribution is -2.53. The number of amides is 1. The minimum absolute atomic E-state index is 0.141. The Labute approximate surface area is 226 Å². The summed E-state index contributed by atoms with van der Waals surface area (Å²) in [6, 6.07) is 15.3. The van der Waals surface area contributed by atoms with E-state index >= 15 is 0 Å². The van der Waals surface area contributed by atoms with Crippen molar-refractivity contribution in [1.82, 2.24) is 5.32 Å². The molecule has 0 aliphatic heterocycles. The van der Waals surface area contributed by atoms with Gasteiger partial charge in [0.2, 0.25) is 5.91 Å². The van der Waals surface area contributed by atoms with Crippen molar-refractivity contribution < 1.29 is 23.1 Å². The molecule has 7 nitrogen and oxygen atoms in total. The highest BCUT2D eigenvalue weighted by Gasteiger charge is 2.54. The summed E-state index contributed by atoms with van der Waals surface area (Å²) in [6.07, 6.45) is 7.19. The molecule has 0 heterocycles. The number of carbonyl (C=O) groups is 1. The smallest absolute Gasteiger partial charge is 0.357 e. The van der Waals surface area contributed by atoms with Gasteiger partial charge in [-0.1, -0.05) is 30.3 Å². The molecule has 0 spiro atoms. The lowest BCUT2D eigenvalue weighted by Gasteiger charge is -2.55. The van der Waals surface area contributed by atoms with Crippen LogP contribution >= 0.6 is 7.60 Å². The van der Waals surface area contributed by atoms with E-state index < -0.39 is 13.4 Å². The summed E-state index contributed by atoms with van der Waals surface area (Å²) in [5.74, 6) is 2.34. The maximum absolute atomic E-state index is 13.9. The van der Waals surface area contributed by atoms with Gasteiger partial charge in [0.05, 0.1) is 20.3 Å². The summed E-state index contributed by atoms with van der Waals surface area (Å²) in [5, 5.41) is 6.64. The molecule has 4 saturated carbocycles. The molecule has 4 aliphatic rings. The molecular formula is C30H41N2O5P. The number of nitrogens with one attached hydrogen (secondary N) is 2. The van der Waals surface area contributed by atoms with Crippen molar-refractivity contribution >= 4 is 19.2 Å². The van der Waals surface area contributed by atoms with E-state index in [1.54, 1.807) is 21.0 Å². The average molecular weight is 541 g/mol. The number of methoxy groups -OCH3 is 1. The maximum atomic E-state index is 13.9. The fourth-order valence-corrected chi connectivity index (χ4v) is 9.35. The van der Waals surface area contributed by atoms with Gasteiger partial charge in [-0.3, -0.25) is 9.36 Å². The molecule has 6 rings (SSSR count). The van der Waals surface area contributed by atoms with Crippen LogP contribution in [0.3, 0.4) is 0 Å². The van der Waals surface area contributed by atoms with Gasteiger partial charge >= 0.3 is 7.60 Å². The Morgan fingerprint density at radius 3 is 2.08 bits per heavy atom. The van der Waals surface area contributed by atoms with Gasteiger partial charge < -0.3 is 24.4 Å². The predicted molar refractivity (Wildman–Crippen MR) is 149 cm³/mol. The van der Waals surface area contributed by atoms with Gasteiger partial charge in [0.1, 0.15) is 5.75 Å². The van der Waals surface area contributed by atoms with Crippen molar-refractivity contribution in [3.05, 3.63) is 59.7 Å². The van der Waals surface area contributed by atoms with Crippen molar-refractivity contribution in [1.29, 1.82) is 0 Å². The van der Waals surface area contributed by atoms with Crippen LogP contribution < -0.4 is 15.4 Å². The summed E-state index contributed by atoms with van der Waals surface area (Å²) in [7, 11) is -1.98. The molecule has 38 heavy (non-hydrogen) atoms. The number of ether oxygens (including phenoxy) is 1. The SMILES string of the molecule is CCOP(=O)(OCC)C(Nc1ccc(CNC(=O)C23CC4CC(CC(C4)C2)C3)cc1)c1ccccc1OC. The highest BCUT2D eigenvalue weighted by atomic mass is 31.2. The molecule has 0 radical (unpaired) electrons. The summed E-state index contributed by atoms with van der Waals surface area (Å²) < 4.78 is 30.9. The van der Waals surface area contributed by atoms with E-state index in [0.29, 0.717) is 17.9 Å². The van der Waals surface area contributed by atoms with Crippen LogP contribution in [0.2, 0.25) is 0 Å². The fraction of sp³-hybridized carbons (Fsp3) is 0.567. The standard InChI is InChI=1S/C30H41N2O5P/c1-4-36-38(34,37-5-2)28(26-8-6-7-9-27(26)35-3)32-25-12-10-21(11-13-25)20-31-29(33)30-17-22-14-23(18-30)16-24(15-22)19-30/h6-13,22-24,28,32H,4-5,14-20H2,1-3H3,(H,31,33). The van der Waals surface area contributed by atoms with E-state index in [0.717, 1.165) is 48.3 Å². The van der Waals surface area contributed by atoms with Crippen molar-refractivity contribution in [3.8, 4) is 5.75 Å². The van der Waals surface area contributed by atoms with Crippen molar-refractivity contribution in [2.45, 2.75) is 64.7 Å². The van der Waals surface area contributed by atoms with Crippen LogP contribution in [-0.4, -0.2) is 26.2 Å². The number of anilines is 1. The Kier molecular flexibility index (Phi) is 8.18. The Morgan fingerprint density at radius 1 is 0.947 bits per heavy atom. The van der Waals surface area contributed by atoms with Gasteiger partial charge in [-0.2, -0.15) is 0 Å². The molecule has 206 valence electrons. The molecule has 0 aromatic heterocycles. The van der Waals surface area contributed by atoms with Gasteiger partial charge in [0.25, 0.3) is 0 Å². The van der Waals surface area contributed by atoms with Crippen LogP contribution in [0.15, 0.2) is 48.5 Å². The fourth-order valence-electron chi connectivity index (χ4n) is 7.40. The largest absolute Gasteiger partial charge is 0.496 e. The lowest BCUT2D eigenvalue weighted by atomic mass is 9.49. The number of benzene rings is 2. The monoisotopic (exact) mass is 540 g/mol. The molecule has 0 saturated heterocycles. The Hall–Kier alpha value is -2.34. The Morgan fingerprint density at radius 2 is 1.53 bits per heavy atom. The molecule has 1 atom stereocenters. The van der Waals surface area contributed by atoms with E-state index in [1.165, 1.54) is 19.3 Å². The van der Waals surface area contributed by atoms with Gasteiger partial charge in [0, 0.05) is 23.2 Å². The number of rotatable bonds is 12. The first-order valence-electron chi connectivity index (χ1n) is 14.0. The zero-order valence-corrected chi connectivity index (χ0v) is 23.7. The zero-order valence-electron chi connectivity index (χ0n) is 22.8. The first-order valence-corrected chi connectivity index (χ1v) is 15.6.